The van der Waals surface area contributed by atoms with E-state index in [1.165, 1.54) is 0 Å². The molecule has 1 rings (SSSR count). The first-order chi connectivity index (χ1) is 8.19. The van der Waals surface area contributed by atoms with Crippen LogP contribution in [0, 0.1) is 6.92 Å². The van der Waals surface area contributed by atoms with E-state index >= 15 is 0 Å². The predicted octanol–water partition coefficient (Wildman–Crippen LogP) is 2.07. The molecule has 0 saturated carbocycles. The van der Waals surface area contributed by atoms with Gasteiger partial charge in [-0.1, -0.05) is 32.0 Å². The van der Waals surface area contributed by atoms with Crippen LogP contribution in [0.1, 0.15) is 29.8 Å². The minimum Gasteiger partial charge on any atom is -0.351 e. The molecular formula is C14H22N2O. The molecule has 3 heteroatoms. The molecule has 0 aliphatic heterocycles. The van der Waals surface area contributed by atoms with Gasteiger partial charge in [0.15, 0.2) is 0 Å². The molecule has 0 aliphatic rings. The number of amides is 1. The Hall–Kier alpha value is -1.35. The first-order valence-electron chi connectivity index (χ1n) is 6.25. The highest BCUT2D eigenvalue weighted by Crippen LogP contribution is 2.06. The Morgan fingerprint density at radius 2 is 1.88 bits per heavy atom. The van der Waals surface area contributed by atoms with Gasteiger partial charge in [-0.3, -0.25) is 4.79 Å². The van der Waals surface area contributed by atoms with Gasteiger partial charge in [-0.15, -0.1) is 0 Å². The molecule has 94 valence electrons. The molecular weight excluding hydrogens is 212 g/mol. The zero-order valence-electron chi connectivity index (χ0n) is 11.0. The fourth-order valence-electron chi connectivity index (χ4n) is 1.79. The van der Waals surface area contributed by atoms with Gasteiger partial charge < -0.3 is 10.2 Å². The summed E-state index contributed by atoms with van der Waals surface area (Å²) in [6.07, 6.45) is 0. The maximum absolute atomic E-state index is 11.9. The topological polar surface area (TPSA) is 32.3 Å². The molecule has 1 amide bonds. The van der Waals surface area contributed by atoms with E-state index in [0.29, 0.717) is 6.54 Å². The summed E-state index contributed by atoms with van der Waals surface area (Å²) in [5.41, 5.74) is 1.79. The van der Waals surface area contributed by atoms with E-state index in [2.05, 4.69) is 24.1 Å². The second-order valence-corrected chi connectivity index (χ2v) is 4.10. The van der Waals surface area contributed by atoms with Crippen LogP contribution in [0.25, 0.3) is 0 Å². The Balaban J connectivity index is 2.43. The van der Waals surface area contributed by atoms with Crippen LogP contribution >= 0.6 is 0 Å². The first kappa shape index (κ1) is 13.7. The quantitative estimate of drug-likeness (QED) is 0.817. The van der Waals surface area contributed by atoms with E-state index < -0.39 is 0 Å². The summed E-state index contributed by atoms with van der Waals surface area (Å²) >= 11 is 0. The van der Waals surface area contributed by atoms with Crippen LogP contribution in [0.3, 0.4) is 0 Å². The van der Waals surface area contributed by atoms with Gasteiger partial charge in [-0.05, 0) is 31.6 Å². The van der Waals surface area contributed by atoms with Gasteiger partial charge in [0.1, 0.15) is 0 Å². The second-order valence-electron chi connectivity index (χ2n) is 4.10. The number of hydrogen-bond donors (Lipinski definition) is 1. The van der Waals surface area contributed by atoms with Gasteiger partial charge in [0, 0.05) is 18.7 Å². The van der Waals surface area contributed by atoms with Gasteiger partial charge in [0.05, 0.1) is 0 Å². The van der Waals surface area contributed by atoms with Crippen molar-refractivity contribution in [2.24, 2.45) is 0 Å². The van der Waals surface area contributed by atoms with Gasteiger partial charge in [0.25, 0.3) is 5.91 Å². The highest BCUT2D eigenvalue weighted by atomic mass is 16.1. The summed E-state index contributed by atoms with van der Waals surface area (Å²) in [5.74, 6) is 0.0234. The van der Waals surface area contributed by atoms with Crippen LogP contribution in [0.2, 0.25) is 0 Å². The fourth-order valence-corrected chi connectivity index (χ4v) is 1.79. The van der Waals surface area contributed by atoms with E-state index in [1.807, 2.05) is 31.2 Å². The van der Waals surface area contributed by atoms with Crippen molar-refractivity contribution in [3.63, 3.8) is 0 Å². The van der Waals surface area contributed by atoms with Crippen LogP contribution in [-0.4, -0.2) is 37.0 Å². The number of likely N-dealkylation sites (N-methyl/N-ethyl adjacent to an activating group) is 1. The van der Waals surface area contributed by atoms with Crippen molar-refractivity contribution >= 4 is 5.91 Å². The molecule has 0 spiro atoms. The van der Waals surface area contributed by atoms with E-state index in [0.717, 1.165) is 30.8 Å². The SMILES string of the molecule is CCN(CC)CCNC(=O)c1ccccc1C. The van der Waals surface area contributed by atoms with E-state index in [-0.39, 0.29) is 5.91 Å². The summed E-state index contributed by atoms with van der Waals surface area (Å²) in [5, 5.41) is 2.96. The van der Waals surface area contributed by atoms with E-state index in [9.17, 15) is 4.79 Å². The van der Waals surface area contributed by atoms with E-state index in [4.69, 9.17) is 0 Å². The van der Waals surface area contributed by atoms with Gasteiger partial charge in [-0.25, -0.2) is 0 Å². The average Bonchev–Trinajstić information content (AvgIpc) is 2.35. The molecule has 3 nitrogen and oxygen atoms in total. The third-order valence-corrected chi connectivity index (χ3v) is 3.00. The Morgan fingerprint density at radius 3 is 2.47 bits per heavy atom. The minimum absolute atomic E-state index is 0.0234. The molecule has 1 N–H and O–H groups in total. The van der Waals surface area contributed by atoms with Crippen molar-refractivity contribution in [3.8, 4) is 0 Å². The molecule has 1 aromatic carbocycles. The molecule has 0 radical (unpaired) electrons. The highest BCUT2D eigenvalue weighted by molar-refractivity contribution is 5.95. The molecule has 0 heterocycles. The molecule has 0 unspecified atom stereocenters. The fraction of sp³-hybridized carbons (Fsp3) is 0.500. The molecule has 1 aromatic rings. The predicted molar refractivity (Wildman–Crippen MR) is 71.3 cm³/mol. The smallest absolute Gasteiger partial charge is 0.251 e. The van der Waals surface area contributed by atoms with Crippen molar-refractivity contribution in [2.75, 3.05) is 26.2 Å². The maximum Gasteiger partial charge on any atom is 0.251 e. The van der Waals surface area contributed by atoms with Crippen LogP contribution in [0.4, 0.5) is 0 Å². The van der Waals surface area contributed by atoms with E-state index in [1.54, 1.807) is 0 Å². The van der Waals surface area contributed by atoms with Crippen molar-refractivity contribution in [2.45, 2.75) is 20.8 Å². The summed E-state index contributed by atoms with van der Waals surface area (Å²) in [7, 11) is 0. The number of nitrogens with zero attached hydrogens (tertiary/aromatic N) is 1. The number of carbonyl (C=O) groups is 1. The standard InChI is InChI=1S/C14H22N2O/c1-4-16(5-2)11-10-15-14(17)13-9-7-6-8-12(13)3/h6-9H,4-5,10-11H2,1-3H3,(H,15,17). The monoisotopic (exact) mass is 234 g/mol. The van der Waals surface area contributed by atoms with Crippen LogP contribution in [0.15, 0.2) is 24.3 Å². The molecule has 0 saturated heterocycles. The maximum atomic E-state index is 11.9. The summed E-state index contributed by atoms with van der Waals surface area (Å²) in [4.78, 5) is 14.2. The lowest BCUT2D eigenvalue weighted by Gasteiger charge is -2.18. The number of aryl methyl sites for hydroxylation is 1. The zero-order chi connectivity index (χ0) is 12.7. The van der Waals surface area contributed by atoms with Crippen LogP contribution in [0.5, 0.6) is 0 Å². The van der Waals surface area contributed by atoms with Crippen LogP contribution < -0.4 is 5.32 Å². The normalized spacial score (nSPS) is 10.6. The van der Waals surface area contributed by atoms with Gasteiger partial charge in [0.2, 0.25) is 0 Å². The Bertz CT molecular complexity index is 359. The third kappa shape index (κ3) is 4.19. The molecule has 0 aliphatic carbocycles. The Morgan fingerprint density at radius 1 is 1.24 bits per heavy atom. The lowest BCUT2D eigenvalue weighted by molar-refractivity contribution is 0.0948. The van der Waals surface area contributed by atoms with Crippen molar-refractivity contribution in [1.82, 2.24) is 10.2 Å². The summed E-state index contributed by atoms with van der Waals surface area (Å²) < 4.78 is 0. The summed E-state index contributed by atoms with van der Waals surface area (Å²) in [6, 6.07) is 7.66. The highest BCUT2D eigenvalue weighted by Gasteiger charge is 2.07. The largest absolute Gasteiger partial charge is 0.351 e. The molecule has 0 aromatic heterocycles. The number of rotatable bonds is 6. The molecule has 0 bridgehead atoms. The van der Waals surface area contributed by atoms with Gasteiger partial charge >= 0.3 is 0 Å². The summed E-state index contributed by atoms with van der Waals surface area (Å²) in [6.45, 7) is 9.88. The third-order valence-electron chi connectivity index (χ3n) is 3.00. The van der Waals surface area contributed by atoms with Crippen molar-refractivity contribution in [1.29, 1.82) is 0 Å². The Labute approximate surface area is 104 Å². The number of carbonyl (C=O) groups excluding carboxylic acids is 1. The minimum atomic E-state index is 0.0234. The molecule has 17 heavy (non-hydrogen) atoms. The van der Waals surface area contributed by atoms with Crippen molar-refractivity contribution < 1.29 is 4.79 Å². The second kappa shape index (κ2) is 7.07. The first-order valence-corrected chi connectivity index (χ1v) is 6.25. The average molecular weight is 234 g/mol. The zero-order valence-corrected chi connectivity index (χ0v) is 11.0. The van der Waals surface area contributed by atoms with Crippen LogP contribution in [-0.2, 0) is 0 Å². The molecule has 0 fully saturated rings. The lowest BCUT2D eigenvalue weighted by atomic mass is 10.1. The number of hydrogen-bond acceptors (Lipinski definition) is 2. The van der Waals surface area contributed by atoms with Gasteiger partial charge in [-0.2, -0.15) is 0 Å². The lowest BCUT2D eigenvalue weighted by Crippen LogP contribution is -2.35. The molecule has 0 atom stereocenters. The number of benzene rings is 1. The van der Waals surface area contributed by atoms with Crippen molar-refractivity contribution in [3.05, 3.63) is 35.4 Å². The number of nitrogens with one attached hydrogen (secondary N) is 1. The Kier molecular flexibility index (Phi) is 5.70.